The van der Waals surface area contributed by atoms with Crippen molar-refractivity contribution in [3.8, 4) is 0 Å². The Bertz CT molecular complexity index is 138. The van der Waals surface area contributed by atoms with Gasteiger partial charge in [0, 0.05) is 14.2 Å². The molecule has 72 valence electrons. The molecule has 0 aromatic rings. The molecule has 0 aliphatic carbocycles. The van der Waals surface area contributed by atoms with E-state index in [-0.39, 0.29) is 5.91 Å². The molecular formula is C6H15NO4Si. The van der Waals surface area contributed by atoms with Crippen molar-refractivity contribution in [2.75, 3.05) is 20.8 Å². The van der Waals surface area contributed by atoms with E-state index in [0.29, 0.717) is 12.3 Å². The molecule has 1 N–H and O–H groups in total. The second-order valence-electron chi connectivity index (χ2n) is 2.25. The van der Waals surface area contributed by atoms with Crippen LogP contribution < -0.4 is 0 Å². The highest BCUT2D eigenvalue weighted by atomic mass is 28.2. The van der Waals surface area contributed by atoms with Crippen LogP contribution in [0.4, 0.5) is 0 Å². The fraction of sp³-hybridized carbons (Fsp3) is 0.833. The molecular weight excluding hydrogens is 178 g/mol. The first kappa shape index (κ1) is 11.6. The number of methoxy groups -OCH3 is 2. The van der Waals surface area contributed by atoms with Crippen molar-refractivity contribution < 1.29 is 19.1 Å². The standard InChI is InChI=1S/C6H15NO4Si/c1-5(7-8)4-11-12-6(9-2)10-3/h6,8H,4,12H2,1-3H3. The van der Waals surface area contributed by atoms with Gasteiger partial charge in [0.15, 0.2) is 5.91 Å². The van der Waals surface area contributed by atoms with Gasteiger partial charge in [-0.15, -0.1) is 0 Å². The molecule has 0 aromatic heterocycles. The van der Waals surface area contributed by atoms with Crippen LogP contribution in [0, 0.1) is 0 Å². The fourth-order valence-corrected chi connectivity index (χ4v) is 1.44. The van der Waals surface area contributed by atoms with Gasteiger partial charge in [-0.1, -0.05) is 5.16 Å². The molecule has 0 heterocycles. The molecule has 12 heavy (non-hydrogen) atoms. The lowest BCUT2D eigenvalue weighted by Gasteiger charge is -2.12. The minimum Gasteiger partial charge on any atom is -0.413 e. The van der Waals surface area contributed by atoms with Crippen LogP contribution in [0.15, 0.2) is 5.16 Å². The van der Waals surface area contributed by atoms with Crippen molar-refractivity contribution in [3.05, 3.63) is 0 Å². The molecule has 5 nitrogen and oxygen atoms in total. The lowest BCUT2D eigenvalue weighted by atomic mass is 10.5. The van der Waals surface area contributed by atoms with Crippen LogP contribution in [0.25, 0.3) is 0 Å². The Labute approximate surface area is 74.2 Å². The zero-order chi connectivity index (χ0) is 9.40. The van der Waals surface area contributed by atoms with E-state index in [1.807, 2.05) is 0 Å². The van der Waals surface area contributed by atoms with Crippen molar-refractivity contribution in [3.63, 3.8) is 0 Å². The number of hydrogen-bond acceptors (Lipinski definition) is 5. The number of nitrogens with zero attached hydrogens (tertiary/aromatic N) is 1. The van der Waals surface area contributed by atoms with Crippen molar-refractivity contribution in [2.45, 2.75) is 12.8 Å². The highest BCUT2D eigenvalue weighted by molar-refractivity contribution is 6.28. The average Bonchev–Trinajstić information content (AvgIpc) is 2.12. The quantitative estimate of drug-likeness (QED) is 0.203. The monoisotopic (exact) mass is 193 g/mol. The summed E-state index contributed by atoms with van der Waals surface area (Å²) in [5.74, 6) is -0.225. The van der Waals surface area contributed by atoms with Crippen LogP contribution in [0.1, 0.15) is 6.92 Å². The first-order valence-corrected chi connectivity index (χ1v) is 4.94. The lowest BCUT2D eigenvalue weighted by Crippen LogP contribution is -2.25. The predicted molar refractivity (Wildman–Crippen MR) is 47.2 cm³/mol. The highest BCUT2D eigenvalue weighted by Crippen LogP contribution is 1.89. The Morgan fingerprint density at radius 2 is 2.08 bits per heavy atom. The molecule has 0 radical (unpaired) electrons. The minimum atomic E-state index is -0.863. The van der Waals surface area contributed by atoms with E-state index >= 15 is 0 Å². The minimum absolute atomic E-state index is 0.225. The van der Waals surface area contributed by atoms with E-state index in [1.54, 1.807) is 21.1 Å². The Balaban J connectivity index is 3.41. The Kier molecular flexibility index (Phi) is 6.97. The normalized spacial score (nSPS) is 13.5. The maximum Gasteiger partial charge on any atom is 0.224 e. The topological polar surface area (TPSA) is 60.3 Å². The summed E-state index contributed by atoms with van der Waals surface area (Å²) in [5.41, 5.74) is 0.549. The zero-order valence-corrected chi connectivity index (χ0v) is 9.02. The molecule has 0 saturated carbocycles. The van der Waals surface area contributed by atoms with Gasteiger partial charge in [-0.25, -0.2) is 0 Å². The van der Waals surface area contributed by atoms with Crippen LogP contribution in [-0.2, 0) is 13.9 Å². The van der Waals surface area contributed by atoms with E-state index in [2.05, 4.69) is 5.16 Å². The zero-order valence-electron chi connectivity index (χ0n) is 7.61. The smallest absolute Gasteiger partial charge is 0.224 e. The van der Waals surface area contributed by atoms with Crippen LogP contribution in [-0.4, -0.2) is 47.4 Å². The van der Waals surface area contributed by atoms with Gasteiger partial charge in [-0.3, -0.25) is 0 Å². The maximum absolute atomic E-state index is 8.28. The van der Waals surface area contributed by atoms with E-state index in [1.165, 1.54) is 0 Å². The van der Waals surface area contributed by atoms with Gasteiger partial charge in [0.05, 0.1) is 12.3 Å². The predicted octanol–water partition coefficient (Wildman–Crippen LogP) is -0.487. The molecule has 0 amide bonds. The SMILES string of the molecule is COC(OC)[SiH2]OCC(C)=NO. The third-order valence-corrected chi connectivity index (χ3v) is 2.64. The summed E-state index contributed by atoms with van der Waals surface area (Å²) in [7, 11) is 2.27. The number of oxime groups is 1. The average molecular weight is 193 g/mol. The second-order valence-corrected chi connectivity index (χ2v) is 3.66. The summed E-state index contributed by atoms with van der Waals surface area (Å²) in [6, 6.07) is 0. The summed E-state index contributed by atoms with van der Waals surface area (Å²) >= 11 is 0. The van der Waals surface area contributed by atoms with Gasteiger partial charge in [0.2, 0.25) is 9.76 Å². The van der Waals surface area contributed by atoms with Crippen LogP contribution in [0.5, 0.6) is 0 Å². The molecule has 6 heteroatoms. The van der Waals surface area contributed by atoms with E-state index in [9.17, 15) is 0 Å². The highest BCUT2D eigenvalue weighted by Gasteiger charge is 2.05. The number of ether oxygens (including phenoxy) is 2. The van der Waals surface area contributed by atoms with Crippen molar-refractivity contribution >= 4 is 15.5 Å². The fourth-order valence-electron chi connectivity index (χ4n) is 0.564. The lowest BCUT2D eigenvalue weighted by molar-refractivity contribution is -0.0519. The maximum atomic E-state index is 8.28. The molecule has 0 fully saturated rings. The molecule has 0 aromatic carbocycles. The summed E-state index contributed by atoms with van der Waals surface area (Å²) in [6.07, 6.45) is 0. The number of hydrogen-bond donors (Lipinski definition) is 1. The Morgan fingerprint density at radius 1 is 1.50 bits per heavy atom. The Hall–Kier alpha value is -0.433. The molecule has 0 aliphatic heterocycles. The van der Waals surface area contributed by atoms with Gasteiger partial charge in [-0.05, 0) is 6.92 Å². The van der Waals surface area contributed by atoms with Gasteiger partial charge in [-0.2, -0.15) is 0 Å². The molecule has 0 aliphatic rings. The van der Waals surface area contributed by atoms with Crippen molar-refractivity contribution in [1.82, 2.24) is 0 Å². The largest absolute Gasteiger partial charge is 0.413 e. The van der Waals surface area contributed by atoms with Gasteiger partial charge in [0.25, 0.3) is 0 Å². The number of rotatable bonds is 6. The molecule has 0 rings (SSSR count). The van der Waals surface area contributed by atoms with Gasteiger partial charge >= 0.3 is 0 Å². The summed E-state index contributed by atoms with van der Waals surface area (Å²) < 4.78 is 15.1. The van der Waals surface area contributed by atoms with Gasteiger partial charge in [0.1, 0.15) is 0 Å². The van der Waals surface area contributed by atoms with Gasteiger partial charge < -0.3 is 19.1 Å². The summed E-state index contributed by atoms with van der Waals surface area (Å²) in [5, 5.41) is 11.2. The second kappa shape index (κ2) is 7.23. The third-order valence-electron chi connectivity index (χ3n) is 1.26. The Morgan fingerprint density at radius 3 is 2.50 bits per heavy atom. The summed E-state index contributed by atoms with van der Waals surface area (Å²) in [4.78, 5) is 0. The first-order valence-electron chi connectivity index (χ1n) is 3.55. The van der Waals surface area contributed by atoms with E-state index < -0.39 is 9.76 Å². The third kappa shape index (κ3) is 5.25. The van der Waals surface area contributed by atoms with Crippen molar-refractivity contribution in [2.24, 2.45) is 5.16 Å². The van der Waals surface area contributed by atoms with Crippen LogP contribution in [0.2, 0.25) is 0 Å². The molecule has 0 spiro atoms. The van der Waals surface area contributed by atoms with Crippen LogP contribution >= 0.6 is 0 Å². The molecule has 0 atom stereocenters. The summed E-state index contributed by atoms with van der Waals surface area (Å²) in [6.45, 7) is 2.02. The van der Waals surface area contributed by atoms with E-state index in [4.69, 9.17) is 19.1 Å². The first-order chi connectivity index (χ1) is 5.74. The van der Waals surface area contributed by atoms with Crippen molar-refractivity contribution in [1.29, 1.82) is 0 Å². The molecule has 0 saturated heterocycles. The van der Waals surface area contributed by atoms with Crippen LogP contribution in [0.3, 0.4) is 0 Å². The molecule has 0 bridgehead atoms. The molecule has 0 unspecified atom stereocenters. The van der Waals surface area contributed by atoms with E-state index in [0.717, 1.165) is 0 Å².